The lowest BCUT2D eigenvalue weighted by molar-refractivity contribution is 0.0527. The number of carbonyl (C=O) groups excluding carboxylic acids is 1. The van der Waals surface area contributed by atoms with Gasteiger partial charge < -0.3 is 15.8 Å². The Labute approximate surface area is 122 Å². The van der Waals surface area contributed by atoms with Crippen molar-refractivity contribution in [2.75, 3.05) is 30.5 Å². The number of nitrogen functional groups attached to an aromatic ring is 1. The van der Waals surface area contributed by atoms with Gasteiger partial charge in [0.05, 0.1) is 23.5 Å². The molecule has 0 saturated heterocycles. The van der Waals surface area contributed by atoms with Crippen molar-refractivity contribution in [3.63, 3.8) is 0 Å². The number of esters is 1. The van der Waals surface area contributed by atoms with E-state index >= 15 is 0 Å². The number of benzene rings is 1. The standard InChI is InChI=1S/C14H22N2O3S/c1-4-19-14(17)11-6-5-7-12(15)13(11)16-9-8-10(2)20(3)18/h5-7,10,16H,4,8-9,15H2,1-3H3. The molecular weight excluding hydrogens is 276 g/mol. The first-order valence-corrected chi connectivity index (χ1v) is 8.21. The van der Waals surface area contributed by atoms with Crippen molar-refractivity contribution >= 4 is 28.1 Å². The highest BCUT2D eigenvalue weighted by molar-refractivity contribution is 7.84. The number of nitrogens with two attached hydrogens (primary N) is 1. The fraction of sp³-hybridized carbons (Fsp3) is 0.500. The summed E-state index contributed by atoms with van der Waals surface area (Å²) in [5, 5.41) is 3.24. The van der Waals surface area contributed by atoms with Crippen LogP contribution in [-0.4, -0.2) is 34.8 Å². The predicted molar refractivity (Wildman–Crippen MR) is 83.4 cm³/mol. The van der Waals surface area contributed by atoms with E-state index in [0.29, 0.717) is 30.1 Å². The van der Waals surface area contributed by atoms with Gasteiger partial charge in [0.25, 0.3) is 0 Å². The quantitative estimate of drug-likeness (QED) is 0.594. The van der Waals surface area contributed by atoms with Gasteiger partial charge in [0, 0.05) is 28.9 Å². The lowest BCUT2D eigenvalue weighted by Crippen LogP contribution is -2.17. The second-order valence-electron chi connectivity index (χ2n) is 4.51. The van der Waals surface area contributed by atoms with Gasteiger partial charge in [0.1, 0.15) is 0 Å². The molecule has 0 aromatic heterocycles. The average molecular weight is 298 g/mol. The van der Waals surface area contributed by atoms with Crippen molar-refractivity contribution in [3.05, 3.63) is 23.8 Å². The third-order valence-electron chi connectivity index (χ3n) is 3.01. The van der Waals surface area contributed by atoms with Crippen molar-refractivity contribution in [1.29, 1.82) is 0 Å². The van der Waals surface area contributed by atoms with Crippen LogP contribution in [0.2, 0.25) is 0 Å². The smallest absolute Gasteiger partial charge is 0.340 e. The molecule has 0 amide bonds. The fourth-order valence-electron chi connectivity index (χ4n) is 1.71. The third kappa shape index (κ3) is 4.52. The number of ether oxygens (including phenoxy) is 1. The van der Waals surface area contributed by atoms with E-state index in [1.165, 1.54) is 0 Å². The van der Waals surface area contributed by atoms with Crippen molar-refractivity contribution in [2.45, 2.75) is 25.5 Å². The summed E-state index contributed by atoms with van der Waals surface area (Å²) in [5.74, 6) is -0.394. The number of nitrogens with one attached hydrogen (secondary N) is 1. The van der Waals surface area contributed by atoms with Crippen LogP contribution in [0.5, 0.6) is 0 Å². The molecule has 6 heteroatoms. The van der Waals surface area contributed by atoms with Crippen LogP contribution in [0.3, 0.4) is 0 Å². The second kappa shape index (κ2) is 7.89. The molecule has 0 aliphatic heterocycles. The monoisotopic (exact) mass is 298 g/mol. The molecule has 5 nitrogen and oxygen atoms in total. The summed E-state index contributed by atoms with van der Waals surface area (Å²) in [4.78, 5) is 11.9. The van der Waals surface area contributed by atoms with E-state index in [2.05, 4.69) is 5.32 Å². The van der Waals surface area contributed by atoms with E-state index in [1.807, 2.05) is 6.92 Å². The van der Waals surface area contributed by atoms with Gasteiger partial charge in [-0.3, -0.25) is 4.21 Å². The fourth-order valence-corrected chi connectivity index (χ4v) is 2.16. The molecule has 3 N–H and O–H groups in total. The van der Waals surface area contributed by atoms with Gasteiger partial charge in [-0.15, -0.1) is 0 Å². The van der Waals surface area contributed by atoms with E-state index in [1.54, 1.807) is 31.4 Å². The lowest BCUT2D eigenvalue weighted by atomic mass is 10.1. The number of hydrogen-bond donors (Lipinski definition) is 2. The topological polar surface area (TPSA) is 81.4 Å². The van der Waals surface area contributed by atoms with Crippen molar-refractivity contribution < 1.29 is 13.7 Å². The number of hydrogen-bond acceptors (Lipinski definition) is 5. The van der Waals surface area contributed by atoms with Crippen LogP contribution < -0.4 is 11.1 Å². The summed E-state index contributed by atoms with van der Waals surface area (Å²) >= 11 is 0. The van der Waals surface area contributed by atoms with Gasteiger partial charge in [0.15, 0.2) is 0 Å². The van der Waals surface area contributed by atoms with Crippen LogP contribution in [0.1, 0.15) is 30.6 Å². The molecule has 1 rings (SSSR count). The zero-order valence-electron chi connectivity index (χ0n) is 12.1. The second-order valence-corrected chi connectivity index (χ2v) is 6.32. The zero-order chi connectivity index (χ0) is 15.1. The molecule has 1 aromatic carbocycles. The SMILES string of the molecule is CCOC(=O)c1cccc(N)c1NCCC(C)S(C)=O. The van der Waals surface area contributed by atoms with Crippen LogP contribution >= 0.6 is 0 Å². The Kier molecular flexibility index (Phi) is 6.51. The molecule has 0 heterocycles. The van der Waals surface area contributed by atoms with E-state index < -0.39 is 16.8 Å². The summed E-state index contributed by atoms with van der Waals surface area (Å²) in [6, 6.07) is 5.13. The Morgan fingerprint density at radius 3 is 2.80 bits per heavy atom. The highest BCUT2D eigenvalue weighted by Crippen LogP contribution is 2.24. The zero-order valence-corrected chi connectivity index (χ0v) is 13.0. The minimum absolute atomic E-state index is 0.0958. The summed E-state index contributed by atoms with van der Waals surface area (Å²) in [5.41, 5.74) is 7.41. The molecule has 1 aromatic rings. The molecule has 0 bridgehead atoms. The van der Waals surface area contributed by atoms with Gasteiger partial charge in [0.2, 0.25) is 0 Å². The lowest BCUT2D eigenvalue weighted by Gasteiger charge is -2.15. The minimum Gasteiger partial charge on any atom is -0.462 e. The molecule has 0 radical (unpaired) electrons. The molecule has 20 heavy (non-hydrogen) atoms. The van der Waals surface area contributed by atoms with Crippen molar-refractivity contribution in [3.8, 4) is 0 Å². The first kappa shape index (κ1) is 16.5. The van der Waals surface area contributed by atoms with Gasteiger partial charge in [-0.1, -0.05) is 13.0 Å². The maximum absolute atomic E-state index is 11.9. The molecule has 0 spiro atoms. The number of anilines is 2. The van der Waals surface area contributed by atoms with Crippen molar-refractivity contribution in [1.82, 2.24) is 0 Å². The molecular formula is C14H22N2O3S. The molecule has 0 aliphatic rings. The van der Waals surface area contributed by atoms with Crippen LogP contribution in [0.4, 0.5) is 11.4 Å². The molecule has 2 unspecified atom stereocenters. The van der Waals surface area contributed by atoms with Gasteiger partial charge in [-0.25, -0.2) is 4.79 Å². The van der Waals surface area contributed by atoms with Crippen molar-refractivity contribution in [2.24, 2.45) is 0 Å². The van der Waals surface area contributed by atoms with Gasteiger partial charge in [-0.2, -0.15) is 0 Å². The highest BCUT2D eigenvalue weighted by atomic mass is 32.2. The Balaban J connectivity index is 2.78. The Morgan fingerprint density at radius 2 is 2.20 bits per heavy atom. The van der Waals surface area contributed by atoms with Crippen LogP contribution in [0.15, 0.2) is 18.2 Å². The number of para-hydroxylation sites is 1. The summed E-state index contributed by atoms with van der Waals surface area (Å²) in [6.07, 6.45) is 2.42. The van der Waals surface area contributed by atoms with Gasteiger partial charge >= 0.3 is 5.97 Å². The molecule has 2 atom stereocenters. The Hall–Kier alpha value is -1.56. The first-order chi connectivity index (χ1) is 9.47. The van der Waals surface area contributed by atoms with Crippen LogP contribution in [-0.2, 0) is 15.5 Å². The van der Waals surface area contributed by atoms with Gasteiger partial charge in [-0.05, 0) is 25.5 Å². The van der Waals surface area contributed by atoms with E-state index in [9.17, 15) is 9.00 Å². The summed E-state index contributed by atoms with van der Waals surface area (Å²) < 4.78 is 16.3. The molecule has 0 aliphatic carbocycles. The van der Waals surface area contributed by atoms with E-state index in [0.717, 1.165) is 6.42 Å². The Morgan fingerprint density at radius 1 is 1.50 bits per heavy atom. The van der Waals surface area contributed by atoms with Crippen LogP contribution in [0.25, 0.3) is 0 Å². The molecule has 112 valence electrons. The third-order valence-corrected chi connectivity index (χ3v) is 4.38. The largest absolute Gasteiger partial charge is 0.462 e. The minimum atomic E-state index is -0.854. The average Bonchev–Trinajstić information content (AvgIpc) is 2.40. The molecule has 0 saturated carbocycles. The maximum Gasteiger partial charge on any atom is 0.340 e. The summed E-state index contributed by atoms with van der Waals surface area (Å²) in [6.45, 7) is 4.61. The van der Waals surface area contributed by atoms with E-state index in [4.69, 9.17) is 10.5 Å². The normalized spacial score (nSPS) is 13.6. The number of rotatable bonds is 7. The highest BCUT2D eigenvalue weighted by Gasteiger charge is 2.15. The molecule has 0 fully saturated rings. The Bertz CT molecular complexity index is 491. The number of carbonyl (C=O) groups is 1. The summed E-state index contributed by atoms with van der Waals surface area (Å²) in [7, 11) is -0.854. The predicted octanol–water partition coefficient (Wildman–Crippen LogP) is 2.01. The van der Waals surface area contributed by atoms with Crippen LogP contribution in [0, 0.1) is 0 Å². The maximum atomic E-state index is 11.9. The van der Waals surface area contributed by atoms with E-state index in [-0.39, 0.29) is 5.25 Å². The first-order valence-electron chi connectivity index (χ1n) is 6.59.